The molecule has 2 unspecified atom stereocenters. The Kier molecular flexibility index (Phi) is 14.0. The molecule has 0 aliphatic rings. The molecule has 0 spiro atoms. The molecule has 0 aliphatic heterocycles. The van der Waals surface area contributed by atoms with Gasteiger partial charge in [0.1, 0.15) is 36.9 Å². The van der Waals surface area contributed by atoms with Crippen molar-refractivity contribution in [1.82, 2.24) is 20.6 Å². The molecule has 4 N–H and O–H groups in total. The standard InChI is InChI=1S/2C23H28N2O3/c2*1-16-13-19-20(25-16)11-8-12-21(19)27-15-18(14-24-23(2,3)4)28-22(26)17-9-6-5-7-10-17/h2*5-13,18,24-25H,14-15H2,1-4H3. The van der Waals surface area contributed by atoms with Gasteiger partial charge in [-0.1, -0.05) is 48.5 Å². The average Bonchev–Trinajstić information content (AvgIpc) is 3.75. The Morgan fingerprint density at radius 3 is 1.29 bits per heavy atom. The summed E-state index contributed by atoms with van der Waals surface area (Å²) in [5.41, 5.74) is 5.10. The molecule has 296 valence electrons. The summed E-state index contributed by atoms with van der Waals surface area (Å²) >= 11 is 0. The molecule has 2 heterocycles. The van der Waals surface area contributed by atoms with Crippen LogP contribution in [-0.4, -0.2) is 71.5 Å². The maximum Gasteiger partial charge on any atom is 0.338 e. The van der Waals surface area contributed by atoms with Crippen LogP contribution in [-0.2, 0) is 9.47 Å². The molecule has 0 saturated carbocycles. The highest BCUT2D eigenvalue weighted by molar-refractivity contribution is 5.90. The van der Waals surface area contributed by atoms with E-state index in [4.69, 9.17) is 18.9 Å². The summed E-state index contributed by atoms with van der Waals surface area (Å²) in [5.74, 6) is 0.859. The van der Waals surface area contributed by atoms with Gasteiger partial charge in [0.15, 0.2) is 0 Å². The summed E-state index contributed by atoms with van der Waals surface area (Å²) in [5, 5.41) is 8.84. The van der Waals surface area contributed by atoms with E-state index in [9.17, 15) is 9.59 Å². The van der Waals surface area contributed by atoms with Crippen molar-refractivity contribution in [2.75, 3.05) is 26.3 Å². The largest absolute Gasteiger partial charge is 0.489 e. The van der Waals surface area contributed by atoms with Gasteiger partial charge in [-0.2, -0.15) is 0 Å². The van der Waals surface area contributed by atoms with Crippen LogP contribution in [0.2, 0.25) is 0 Å². The summed E-state index contributed by atoms with van der Waals surface area (Å²) < 4.78 is 23.6. The van der Waals surface area contributed by atoms with Crippen molar-refractivity contribution in [3.8, 4) is 11.5 Å². The van der Waals surface area contributed by atoms with Gasteiger partial charge in [0.2, 0.25) is 0 Å². The topological polar surface area (TPSA) is 127 Å². The van der Waals surface area contributed by atoms with Crippen molar-refractivity contribution in [3.05, 3.63) is 132 Å². The number of aryl methyl sites for hydroxylation is 2. The van der Waals surface area contributed by atoms with E-state index >= 15 is 0 Å². The third-order valence-corrected chi connectivity index (χ3v) is 8.65. The summed E-state index contributed by atoms with van der Waals surface area (Å²) in [6.45, 7) is 18.0. The number of rotatable bonds is 14. The molecule has 6 aromatic rings. The van der Waals surface area contributed by atoms with Crippen LogP contribution < -0.4 is 20.1 Å². The zero-order valence-electron chi connectivity index (χ0n) is 33.8. The van der Waals surface area contributed by atoms with Crippen LogP contribution in [0, 0.1) is 13.8 Å². The van der Waals surface area contributed by atoms with Crippen LogP contribution >= 0.6 is 0 Å². The van der Waals surface area contributed by atoms with Crippen LogP contribution in [0.25, 0.3) is 21.8 Å². The summed E-state index contributed by atoms with van der Waals surface area (Å²) in [6.07, 6.45) is -0.829. The van der Waals surface area contributed by atoms with E-state index in [1.54, 1.807) is 24.3 Å². The van der Waals surface area contributed by atoms with Crippen molar-refractivity contribution in [3.63, 3.8) is 0 Å². The molecule has 10 nitrogen and oxygen atoms in total. The van der Waals surface area contributed by atoms with Gasteiger partial charge in [0.25, 0.3) is 0 Å². The Hall–Kier alpha value is -5.58. The number of benzene rings is 4. The number of hydrogen-bond donors (Lipinski definition) is 4. The van der Waals surface area contributed by atoms with Gasteiger partial charge in [-0.05, 0) is 116 Å². The van der Waals surface area contributed by atoms with Crippen molar-refractivity contribution in [2.24, 2.45) is 0 Å². The first-order valence-electron chi connectivity index (χ1n) is 19.1. The van der Waals surface area contributed by atoms with E-state index in [0.29, 0.717) is 24.2 Å². The Balaban J connectivity index is 0.000000214. The van der Waals surface area contributed by atoms with E-state index in [0.717, 1.165) is 44.7 Å². The SMILES string of the molecule is Cc1cc2c(OCC(CNC(C)(C)C)OC(=O)c3ccccc3)cccc2[nH]1.Cc1cc2c(OCC(CNC(C)(C)C)OC(=O)c3ccccc3)cccc2[nH]1. The molecule has 56 heavy (non-hydrogen) atoms. The molecule has 2 aromatic heterocycles. The predicted molar refractivity (Wildman–Crippen MR) is 224 cm³/mol. The van der Waals surface area contributed by atoms with E-state index in [2.05, 4.69) is 74.3 Å². The Labute approximate surface area is 330 Å². The Morgan fingerprint density at radius 1 is 0.554 bits per heavy atom. The average molecular weight is 761 g/mol. The second kappa shape index (κ2) is 18.8. The second-order valence-electron chi connectivity index (χ2n) is 16.0. The van der Waals surface area contributed by atoms with E-state index in [1.165, 1.54) is 0 Å². The molecule has 6 rings (SSSR count). The molecule has 0 fully saturated rings. The summed E-state index contributed by atoms with van der Waals surface area (Å²) in [7, 11) is 0. The maximum atomic E-state index is 12.5. The second-order valence-corrected chi connectivity index (χ2v) is 16.0. The third-order valence-electron chi connectivity index (χ3n) is 8.65. The van der Waals surface area contributed by atoms with E-state index in [1.807, 2.05) is 86.6 Å². The normalized spacial score (nSPS) is 12.7. The fraction of sp³-hybridized carbons (Fsp3) is 0.348. The minimum atomic E-state index is -0.415. The molecular formula is C46H56N4O6. The molecule has 0 bridgehead atoms. The van der Waals surface area contributed by atoms with Gasteiger partial charge < -0.3 is 39.5 Å². The van der Waals surface area contributed by atoms with Crippen LogP contribution in [0.4, 0.5) is 0 Å². The first-order valence-corrected chi connectivity index (χ1v) is 19.1. The highest BCUT2D eigenvalue weighted by Crippen LogP contribution is 2.28. The molecule has 4 aromatic carbocycles. The summed E-state index contributed by atoms with van der Waals surface area (Å²) in [4.78, 5) is 31.6. The quantitative estimate of drug-likeness (QED) is 0.0812. The van der Waals surface area contributed by atoms with Crippen molar-refractivity contribution in [2.45, 2.75) is 78.7 Å². The molecular weight excluding hydrogens is 705 g/mol. The smallest absolute Gasteiger partial charge is 0.338 e. The number of ether oxygens (including phenoxy) is 4. The lowest BCUT2D eigenvalue weighted by Gasteiger charge is -2.25. The number of H-pyrrole nitrogens is 2. The lowest BCUT2D eigenvalue weighted by molar-refractivity contribution is 0.0157. The van der Waals surface area contributed by atoms with Gasteiger partial charge in [-0.15, -0.1) is 0 Å². The van der Waals surface area contributed by atoms with Crippen molar-refractivity contribution in [1.29, 1.82) is 0 Å². The third kappa shape index (κ3) is 12.7. The minimum Gasteiger partial charge on any atom is -0.489 e. The maximum absolute atomic E-state index is 12.5. The summed E-state index contributed by atoms with van der Waals surface area (Å²) in [6, 6.07) is 34.0. The lowest BCUT2D eigenvalue weighted by Crippen LogP contribution is -2.44. The van der Waals surface area contributed by atoms with Gasteiger partial charge in [0.05, 0.1) is 11.1 Å². The van der Waals surface area contributed by atoms with Gasteiger partial charge in [-0.25, -0.2) is 9.59 Å². The molecule has 10 heteroatoms. The van der Waals surface area contributed by atoms with Crippen molar-refractivity contribution >= 4 is 33.7 Å². The van der Waals surface area contributed by atoms with E-state index < -0.39 is 12.2 Å². The number of fused-ring (bicyclic) bond motifs is 2. The van der Waals surface area contributed by atoms with Crippen LogP contribution in [0.3, 0.4) is 0 Å². The highest BCUT2D eigenvalue weighted by atomic mass is 16.6. The predicted octanol–water partition coefficient (Wildman–Crippen LogP) is 8.94. The highest BCUT2D eigenvalue weighted by Gasteiger charge is 2.22. The molecule has 0 amide bonds. The van der Waals surface area contributed by atoms with Crippen LogP contribution in [0.5, 0.6) is 11.5 Å². The van der Waals surface area contributed by atoms with Gasteiger partial charge in [-0.3, -0.25) is 0 Å². The number of aromatic amines is 2. The number of carbonyl (C=O) groups is 2. The van der Waals surface area contributed by atoms with Gasteiger partial charge >= 0.3 is 11.9 Å². The monoisotopic (exact) mass is 760 g/mol. The molecule has 0 radical (unpaired) electrons. The number of esters is 2. The molecule has 0 aliphatic carbocycles. The van der Waals surface area contributed by atoms with E-state index in [-0.39, 0.29) is 36.2 Å². The first-order chi connectivity index (χ1) is 26.6. The lowest BCUT2D eigenvalue weighted by atomic mass is 10.1. The fourth-order valence-corrected chi connectivity index (χ4v) is 5.85. The van der Waals surface area contributed by atoms with Gasteiger partial charge in [0, 0.05) is 57.4 Å². The first kappa shape index (κ1) is 41.6. The Bertz CT molecular complexity index is 2010. The molecule has 2 atom stereocenters. The van der Waals surface area contributed by atoms with Crippen LogP contribution in [0.1, 0.15) is 73.6 Å². The number of hydrogen-bond acceptors (Lipinski definition) is 8. The zero-order chi connectivity index (χ0) is 40.3. The zero-order valence-corrected chi connectivity index (χ0v) is 33.8. The number of aromatic nitrogens is 2. The van der Waals surface area contributed by atoms with Crippen LogP contribution in [0.15, 0.2) is 109 Å². The minimum absolute atomic E-state index is 0.0881. The molecule has 0 saturated heterocycles. The van der Waals surface area contributed by atoms with Crippen molar-refractivity contribution < 1.29 is 28.5 Å². The number of nitrogens with one attached hydrogen (secondary N) is 4. The number of carbonyl (C=O) groups excluding carboxylic acids is 2. The Morgan fingerprint density at radius 2 is 0.929 bits per heavy atom. The fourth-order valence-electron chi connectivity index (χ4n) is 5.85.